The number of aliphatic hydroxyl groups excluding tert-OH is 1. The molecule has 3 N–H and O–H groups in total. The fourth-order valence-electron chi connectivity index (χ4n) is 3.00. The van der Waals surface area contributed by atoms with Crippen molar-refractivity contribution >= 4 is 0 Å². The Bertz CT molecular complexity index is 172. The van der Waals surface area contributed by atoms with E-state index >= 15 is 0 Å². The van der Waals surface area contributed by atoms with Crippen LogP contribution in [-0.2, 0) is 0 Å². The van der Waals surface area contributed by atoms with Crippen LogP contribution in [0.25, 0.3) is 0 Å². The first-order chi connectivity index (χ1) is 6.81. The van der Waals surface area contributed by atoms with Crippen molar-refractivity contribution in [2.45, 2.75) is 31.8 Å². The molecule has 2 unspecified atom stereocenters. The van der Waals surface area contributed by atoms with E-state index in [2.05, 4.69) is 4.90 Å². The highest BCUT2D eigenvalue weighted by Gasteiger charge is 2.37. The largest absolute Gasteiger partial charge is 0.392 e. The lowest BCUT2D eigenvalue weighted by Crippen LogP contribution is -2.51. The van der Waals surface area contributed by atoms with Crippen molar-refractivity contribution in [2.75, 3.05) is 26.2 Å². The van der Waals surface area contributed by atoms with Gasteiger partial charge in [0, 0.05) is 13.1 Å². The summed E-state index contributed by atoms with van der Waals surface area (Å²) < 4.78 is 0. The van der Waals surface area contributed by atoms with Gasteiger partial charge in [0.25, 0.3) is 0 Å². The van der Waals surface area contributed by atoms with Crippen LogP contribution in [0.4, 0.5) is 0 Å². The van der Waals surface area contributed by atoms with Gasteiger partial charge in [0.05, 0.1) is 6.10 Å². The third-order valence-corrected chi connectivity index (χ3v) is 3.78. The smallest absolute Gasteiger partial charge is 0.0620 e. The first kappa shape index (κ1) is 10.4. The Balaban J connectivity index is 1.87. The number of hydrogen-bond acceptors (Lipinski definition) is 3. The molecule has 1 saturated heterocycles. The Morgan fingerprint density at radius 2 is 1.86 bits per heavy atom. The average molecular weight is 198 g/mol. The zero-order valence-electron chi connectivity index (χ0n) is 8.86. The summed E-state index contributed by atoms with van der Waals surface area (Å²) in [6.45, 7) is 4.10. The highest BCUT2D eigenvalue weighted by molar-refractivity contribution is 4.90. The fraction of sp³-hybridized carbons (Fsp3) is 1.00. The minimum absolute atomic E-state index is 0.0159. The Morgan fingerprint density at radius 3 is 2.43 bits per heavy atom. The standard InChI is InChI=1S/C11H22N2O/c12-5-2-6-13-7-9-3-1-4-10(8-13)11(9)14/h9-11,14H,1-8,12H2. The van der Waals surface area contributed by atoms with E-state index in [1.165, 1.54) is 19.3 Å². The maximum atomic E-state index is 9.98. The van der Waals surface area contributed by atoms with E-state index < -0.39 is 0 Å². The summed E-state index contributed by atoms with van der Waals surface area (Å²) in [4.78, 5) is 2.49. The van der Waals surface area contributed by atoms with Gasteiger partial charge in [-0.1, -0.05) is 6.42 Å². The van der Waals surface area contributed by atoms with E-state index in [1.807, 2.05) is 0 Å². The molecular formula is C11H22N2O. The van der Waals surface area contributed by atoms with Crippen molar-refractivity contribution in [1.29, 1.82) is 0 Å². The molecule has 3 nitrogen and oxygen atoms in total. The molecule has 14 heavy (non-hydrogen) atoms. The van der Waals surface area contributed by atoms with Gasteiger partial charge in [0.2, 0.25) is 0 Å². The van der Waals surface area contributed by atoms with Gasteiger partial charge in [-0.15, -0.1) is 0 Å². The van der Waals surface area contributed by atoms with Gasteiger partial charge in [-0.2, -0.15) is 0 Å². The van der Waals surface area contributed by atoms with Crippen molar-refractivity contribution in [1.82, 2.24) is 4.90 Å². The number of fused-ring (bicyclic) bond motifs is 2. The van der Waals surface area contributed by atoms with Gasteiger partial charge in [-0.25, -0.2) is 0 Å². The topological polar surface area (TPSA) is 49.5 Å². The molecule has 2 fully saturated rings. The second kappa shape index (κ2) is 4.60. The molecule has 0 amide bonds. The lowest BCUT2D eigenvalue weighted by atomic mass is 9.75. The predicted molar refractivity (Wildman–Crippen MR) is 56.9 cm³/mol. The third kappa shape index (κ3) is 2.10. The molecule has 2 atom stereocenters. The number of piperidine rings is 1. The molecule has 2 bridgehead atoms. The number of hydrogen-bond donors (Lipinski definition) is 2. The van der Waals surface area contributed by atoms with Gasteiger partial charge < -0.3 is 15.7 Å². The van der Waals surface area contributed by atoms with E-state index in [9.17, 15) is 5.11 Å². The highest BCUT2D eigenvalue weighted by atomic mass is 16.3. The Hall–Kier alpha value is -0.120. The predicted octanol–water partition coefficient (Wildman–Crippen LogP) is 0.428. The average Bonchev–Trinajstić information content (AvgIpc) is 2.15. The normalized spacial score (nSPS) is 38.6. The summed E-state index contributed by atoms with van der Waals surface area (Å²) >= 11 is 0. The first-order valence-electron chi connectivity index (χ1n) is 5.91. The van der Waals surface area contributed by atoms with Crippen molar-refractivity contribution in [3.8, 4) is 0 Å². The number of rotatable bonds is 3. The Kier molecular flexibility index (Phi) is 3.42. The third-order valence-electron chi connectivity index (χ3n) is 3.78. The van der Waals surface area contributed by atoms with E-state index in [0.29, 0.717) is 11.8 Å². The molecule has 0 radical (unpaired) electrons. The van der Waals surface area contributed by atoms with Gasteiger partial charge in [0.15, 0.2) is 0 Å². The second-order valence-corrected chi connectivity index (χ2v) is 4.84. The number of aliphatic hydroxyl groups is 1. The van der Waals surface area contributed by atoms with E-state index in [4.69, 9.17) is 5.73 Å². The monoisotopic (exact) mass is 198 g/mol. The number of nitrogens with two attached hydrogens (primary N) is 1. The van der Waals surface area contributed by atoms with E-state index in [1.54, 1.807) is 0 Å². The van der Waals surface area contributed by atoms with Crippen LogP contribution >= 0.6 is 0 Å². The molecule has 1 saturated carbocycles. The van der Waals surface area contributed by atoms with Crippen LogP contribution in [0.15, 0.2) is 0 Å². The Labute approximate surface area is 86.3 Å². The minimum atomic E-state index is -0.0159. The summed E-state index contributed by atoms with van der Waals surface area (Å²) in [5.74, 6) is 1.08. The summed E-state index contributed by atoms with van der Waals surface area (Å²) in [7, 11) is 0. The maximum absolute atomic E-state index is 9.98. The second-order valence-electron chi connectivity index (χ2n) is 4.84. The van der Waals surface area contributed by atoms with Crippen LogP contribution < -0.4 is 5.73 Å². The molecule has 3 heteroatoms. The molecule has 0 aromatic carbocycles. The molecule has 1 aliphatic carbocycles. The molecule has 82 valence electrons. The molecule has 0 aromatic heterocycles. The summed E-state index contributed by atoms with van der Waals surface area (Å²) in [5.41, 5.74) is 5.51. The maximum Gasteiger partial charge on any atom is 0.0620 e. The number of nitrogens with zero attached hydrogens (tertiary/aromatic N) is 1. The quantitative estimate of drug-likeness (QED) is 0.691. The van der Waals surface area contributed by atoms with Crippen molar-refractivity contribution in [3.05, 3.63) is 0 Å². The summed E-state index contributed by atoms with van der Waals surface area (Å²) in [5, 5.41) is 9.98. The Morgan fingerprint density at radius 1 is 1.21 bits per heavy atom. The van der Waals surface area contributed by atoms with Crippen molar-refractivity contribution < 1.29 is 5.11 Å². The van der Waals surface area contributed by atoms with Gasteiger partial charge >= 0.3 is 0 Å². The SMILES string of the molecule is NCCCN1CC2CCCC(C1)C2O. The zero-order chi connectivity index (χ0) is 9.97. The minimum Gasteiger partial charge on any atom is -0.392 e. The van der Waals surface area contributed by atoms with Crippen LogP contribution in [0.1, 0.15) is 25.7 Å². The van der Waals surface area contributed by atoms with Crippen LogP contribution in [-0.4, -0.2) is 42.3 Å². The molecule has 2 aliphatic rings. The van der Waals surface area contributed by atoms with Crippen LogP contribution in [0.3, 0.4) is 0 Å². The van der Waals surface area contributed by atoms with E-state index in [-0.39, 0.29) is 6.10 Å². The lowest BCUT2D eigenvalue weighted by Gasteiger charge is -2.45. The van der Waals surface area contributed by atoms with Crippen LogP contribution in [0.2, 0.25) is 0 Å². The van der Waals surface area contributed by atoms with Gasteiger partial charge in [-0.05, 0) is 44.2 Å². The summed E-state index contributed by atoms with van der Waals surface area (Å²) in [6, 6.07) is 0. The summed E-state index contributed by atoms with van der Waals surface area (Å²) in [6.07, 6.45) is 4.83. The van der Waals surface area contributed by atoms with Gasteiger partial charge in [0.1, 0.15) is 0 Å². The highest BCUT2D eigenvalue weighted by Crippen LogP contribution is 2.34. The molecule has 0 spiro atoms. The van der Waals surface area contributed by atoms with Crippen LogP contribution in [0.5, 0.6) is 0 Å². The van der Waals surface area contributed by atoms with Gasteiger partial charge in [-0.3, -0.25) is 0 Å². The lowest BCUT2D eigenvalue weighted by molar-refractivity contribution is -0.0492. The molecule has 0 aromatic rings. The molecular weight excluding hydrogens is 176 g/mol. The molecule has 2 rings (SSSR count). The van der Waals surface area contributed by atoms with E-state index in [0.717, 1.165) is 32.6 Å². The first-order valence-corrected chi connectivity index (χ1v) is 5.91. The van der Waals surface area contributed by atoms with Crippen molar-refractivity contribution in [2.24, 2.45) is 17.6 Å². The van der Waals surface area contributed by atoms with Crippen LogP contribution in [0, 0.1) is 11.8 Å². The zero-order valence-corrected chi connectivity index (χ0v) is 8.86. The molecule has 1 aliphatic heterocycles. The van der Waals surface area contributed by atoms with Crippen molar-refractivity contribution in [3.63, 3.8) is 0 Å². The molecule has 1 heterocycles. The number of likely N-dealkylation sites (tertiary alicyclic amines) is 1. The fourth-order valence-corrected chi connectivity index (χ4v) is 3.00.